The minimum atomic E-state index is -0.538. The molecule has 1 heterocycles. The number of nitrogens with two attached hydrogens (primary N) is 1. The van der Waals surface area contributed by atoms with Crippen LogP contribution in [0.1, 0.15) is 35.9 Å². The fourth-order valence-corrected chi connectivity index (χ4v) is 3.18. The summed E-state index contributed by atoms with van der Waals surface area (Å²) < 4.78 is 0. The van der Waals surface area contributed by atoms with Crippen LogP contribution >= 0.6 is 23.7 Å². The molecule has 1 saturated carbocycles. The van der Waals surface area contributed by atoms with Crippen LogP contribution in [-0.4, -0.2) is 30.4 Å². The van der Waals surface area contributed by atoms with Crippen molar-refractivity contribution in [2.45, 2.75) is 38.3 Å². The maximum Gasteiger partial charge on any atom is 0.261 e. The molecule has 0 spiro atoms. The van der Waals surface area contributed by atoms with E-state index in [1.807, 2.05) is 11.4 Å². The first-order valence-electron chi connectivity index (χ1n) is 6.96. The quantitative estimate of drug-likeness (QED) is 0.765. The highest BCUT2D eigenvalue weighted by molar-refractivity contribution is 7.12. The van der Waals surface area contributed by atoms with Gasteiger partial charge in [-0.2, -0.15) is 0 Å². The largest absolute Gasteiger partial charge is 0.351 e. The lowest BCUT2D eigenvalue weighted by molar-refractivity contribution is -0.123. The molecule has 7 heteroatoms. The Bertz CT molecular complexity index is 467. The highest BCUT2D eigenvalue weighted by Crippen LogP contribution is 2.24. The number of rotatable bonds is 5. The molecule has 3 atom stereocenters. The van der Waals surface area contributed by atoms with Crippen LogP contribution in [-0.2, 0) is 4.79 Å². The molecule has 1 aromatic heterocycles. The van der Waals surface area contributed by atoms with E-state index < -0.39 is 6.04 Å². The van der Waals surface area contributed by atoms with E-state index >= 15 is 0 Å². The van der Waals surface area contributed by atoms with Gasteiger partial charge in [0.25, 0.3) is 5.91 Å². The van der Waals surface area contributed by atoms with Crippen molar-refractivity contribution >= 4 is 35.6 Å². The summed E-state index contributed by atoms with van der Waals surface area (Å²) in [4.78, 5) is 24.6. The number of thiophene rings is 1. The molecule has 1 aromatic rings. The van der Waals surface area contributed by atoms with Gasteiger partial charge in [-0.05, 0) is 43.7 Å². The van der Waals surface area contributed by atoms with Crippen LogP contribution in [0.15, 0.2) is 17.5 Å². The second-order valence-corrected chi connectivity index (χ2v) is 6.16. The molecule has 2 rings (SSSR count). The van der Waals surface area contributed by atoms with E-state index in [1.54, 1.807) is 13.0 Å². The Kier molecular flexibility index (Phi) is 7.14. The molecule has 0 aliphatic heterocycles. The van der Waals surface area contributed by atoms with Crippen LogP contribution in [0.5, 0.6) is 0 Å². The van der Waals surface area contributed by atoms with E-state index in [2.05, 4.69) is 10.6 Å². The van der Waals surface area contributed by atoms with Gasteiger partial charge in [0.1, 0.15) is 6.04 Å². The van der Waals surface area contributed by atoms with Crippen molar-refractivity contribution < 1.29 is 9.59 Å². The minimum absolute atomic E-state index is 0. The van der Waals surface area contributed by atoms with E-state index in [9.17, 15) is 9.59 Å². The molecule has 21 heavy (non-hydrogen) atoms. The summed E-state index contributed by atoms with van der Waals surface area (Å²) in [6.45, 7) is 2.30. The van der Waals surface area contributed by atoms with Gasteiger partial charge in [0.15, 0.2) is 0 Å². The summed E-state index contributed by atoms with van der Waals surface area (Å²) in [5.41, 5.74) is 5.70. The predicted octanol–water partition coefficient (Wildman–Crippen LogP) is 1.53. The van der Waals surface area contributed by atoms with Crippen molar-refractivity contribution in [3.63, 3.8) is 0 Å². The van der Waals surface area contributed by atoms with Crippen molar-refractivity contribution in [3.8, 4) is 0 Å². The lowest BCUT2D eigenvalue weighted by Crippen LogP contribution is -2.49. The van der Waals surface area contributed by atoms with Gasteiger partial charge in [0, 0.05) is 6.04 Å². The summed E-state index contributed by atoms with van der Waals surface area (Å²) in [6, 6.07) is 3.16. The highest BCUT2D eigenvalue weighted by atomic mass is 35.5. The number of nitrogens with one attached hydrogen (secondary N) is 2. The van der Waals surface area contributed by atoms with Gasteiger partial charge in [-0.15, -0.1) is 23.7 Å². The van der Waals surface area contributed by atoms with Gasteiger partial charge in [-0.1, -0.05) is 12.5 Å². The fourth-order valence-electron chi connectivity index (χ4n) is 2.56. The number of hydrogen-bond acceptors (Lipinski definition) is 4. The Hall–Kier alpha value is -1.11. The van der Waals surface area contributed by atoms with E-state index in [0.717, 1.165) is 19.3 Å². The van der Waals surface area contributed by atoms with E-state index in [4.69, 9.17) is 5.73 Å². The predicted molar refractivity (Wildman–Crippen MR) is 86.8 cm³/mol. The standard InChI is InChI=1S/C14H21N3O2S.ClH/c1-9(16-14(19)12-6-3-7-20-12)13(18)17-11-5-2-4-10(11)8-15;/h3,6-7,9-11H,2,4-5,8,15H2,1H3,(H,16,19)(H,17,18);1H. The molecule has 118 valence electrons. The molecular formula is C14H22ClN3O2S. The molecule has 2 amide bonds. The average Bonchev–Trinajstić information content (AvgIpc) is 3.09. The van der Waals surface area contributed by atoms with Crippen LogP contribution in [0.3, 0.4) is 0 Å². The van der Waals surface area contributed by atoms with Crippen molar-refractivity contribution in [1.82, 2.24) is 10.6 Å². The molecule has 3 unspecified atom stereocenters. The zero-order valence-corrected chi connectivity index (χ0v) is 13.6. The topological polar surface area (TPSA) is 84.2 Å². The summed E-state index contributed by atoms with van der Waals surface area (Å²) >= 11 is 1.36. The molecule has 1 fully saturated rings. The number of carbonyl (C=O) groups excluding carboxylic acids is 2. The molecule has 0 aromatic carbocycles. The van der Waals surface area contributed by atoms with Crippen LogP contribution < -0.4 is 16.4 Å². The van der Waals surface area contributed by atoms with Crippen molar-refractivity contribution in [2.75, 3.05) is 6.54 Å². The van der Waals surface area contributed by atoms with Gasteiger partial charge in [-0.25, -0.2) is 0 Å². The van der Waals surface area contributed by atoms with Gasteiger partial charge < -0.3 is 16.4 Å². The first-order valence-corrected chi connectivity index (χ1v) is 7.84. The Balaban J connectivity index is 0.00000220. The van der Waals surface area contributed by atoms with Gasteiger partial charge in [0.05, 0.1) is 4.88 Å². The van der Waals surface area contributed by atoms with Crippen LogP contribution in [0.25, 0.3) is 0 Å². The molecule has 1 aliphatic rings. The lowest BCUT2D eigenvalue weighted by Gasteiger charge is -2.22. The van der Waals surface area contributed by atoms with Crippen molar-refractivity contribution in [1.29, 1.82) is 0 Å². The smallest absolute Gasteiger partial charge is 0.261 e. The molecule has 5 nitrogen and oxygen atoms in total. The third kappa shape index (κ3) is 4.69. The Morgan fingerprint density at radius 1 is 1.48 bits per heavy atom. The Labute approximate surface area is 135 Å². The fraction of sp³-hybridized carbons (Fsp3) is 0.571. The third-order valence-corrected chi connectivity index (χ3v) is 4.64. The highest BCUT2D eigenvalue weighted by Gasteiger charge is 2.29. The van der Waals surface area contributed by atoms with Gasteiger partial charge >= 0.3 is 0 Å². The second-order valence-electron chi connectivity index (χ2n) is 5.21. The summed E-state index contributed by atoms with van der Waals surface area (Å²) in [6.07, 6.45) is 3.14. The molecular weight excluding hydrogens is 310 g/mol. The summed E-state index contributed by atoms with van der Waals surface area (Å²) in [5.74, 6) is 0.0175. The van der Waals surface area contributed by atoms with E-state index in [1.165, 1.54) is 11.3 Å². The summed E-state index contributed by atoms with van der Waals surface area (Å²) in [5, 5.41) is 7.55. The molecule has 4 N–H and O–H groups in total. The van der Waals surface area contributed by atoms with Crippen LogP contribution in [0.4, 0.5) is 0 Å². The Morgan fingerprint density at radius 3 is 2.86 bits per heavy atom. The van der Waals surface area contributed by atoms with Crippen molar-refractivity contribution in [2.24, 2.45) is 11.7 Å². The first-order chi connectivity index (χ1) is 9.61. The Morgan fingerprint density at radius 2 is 2.24 bits per heavy atom. The minimum Gasteiger partial charge on any atom is -0.351 e. The SMILES string of the molecule is CC(NC(=O)c1cccs1)C(=O)NC1CCCC1CN.Cl. The van der Waals surface area contributed by atoms with Gasteiger partial charge in [0.2, 0.25) is 5.91 Å². The third-order valence-electron chi connectivity index (χ3n) is 3.78. The first kappa shape index (κ1) is 17.9. The number of amides is 2. The second kappa shape index (κ2) is 8.36. The zero-order valence-electron chi connectivity index (χ0n) is 12.0. The average molecular weight is 332 g/mol. The molecule has 1 aliphatic carbocycles. The lowest BCUT2D eigenvalue weighted by atomic mass is 10.0. The maximum atomic E-state index is 12.1. The van der Waals surface area contributed by atoms with E-state index in [-0.39, 0.29) is 30.3 Å². The molecule has 0 saturated heterocycles. The molecule has 0 radical (unpaired) electrons. The summed E-state index contributed by atoms with van der Waals surface area (Å²) in [7, 11) is 0. The zero-order chi connectivity index (χ0) is 14.5. The number of carbonyl (C=O) groups is 2. The molecule has 0 bridgehead atoms. The number of hydrogen-bond donors (Lipinski definition) is 3. The monoisotopic (exact) mass is 331 g/mol. The van der Waals surface area contributed by atoms with E-state index in [0.29, 0.717) is 17.3 Å². The van der Waals surface area contributed by atoms with Gasteiger partial charge in [-0.3, -0.25) is 9.59 Å². The van der Waals surface area contributed by atoms with Crippen molar-refractivity contribution in [3.05, 3.63) is 22.4 Å². The van der Waals surface area contributed by atoms with Crippen LogP contribution in [0, 0.1) is 5.92 Å². The van der Waals surface area contributed by atoms with Crippen LogP contribution in [0.2, 0.25) is 0 Å². The number of halogens is 1. The normalized spacial score (nSPS) is 22.2. The maximum absolute atomic E-state index is 12.1.